The smallest absolute Gasteiger partial charge is 0.462 e. The fraction of sp³-hybridized carbons (Fsp3) is 0.944. The van der Waals surface area contributed by atoms with E-state index in [9.17, 15) is 43.2 Å². The first kappa shape index (κ1) is 88.1. The molecule has 0 bridgehead atoms. The zero-order chi connectivity index (χ0) is 66.5. The zero-order valence-corrected chi connectivity index (χ0v) is 60.2. The molecule has 5 atom stereocenters. The minimum atomic E-state index is -4.95. The quantitative estimate of drug-likeness (QED) is 0.0222. The molecular weight excluding hydrogens is 1190 g/mol. The van der Waals surface area contributed by atoms with Gasteiger partial charge in [-0.2, -0.15) is 0 Å². The molecule has 2 unspecified atom stereocenters. The van der Waals surface area contributed by atoms with E-state index in [1.165, 1.54) is 167 Å². The van der Waals surface area contributed by atoms with Crippen molar-refractivity contribution < 1.29 is 80.2 Å². The first-order valence-electron chi connectivity index (χ1n) is 37.0. The summed E-state index contributed by atoms with van der Waals surface area (Å²) in [6.07, 6.45) is 48.7. The monoisotopic (exact) mass is 1320 g/mol. The number of phosphoric ester groups is 2. The summed E-state index contributed by atoms with van der Waals surface area (Å²) in [6.45, 7) is 9.53. The molecule has 19 heteroatoms. The Morgan fingerprint density at radius 2 is 0.511 bits per heavy atom. The van der Waals surface area contributed by atoms with Crippen molar-refractivity contribution in [3.05, 3.63) is 0 Å². The van der Waals surface area contributed by atoms with Gasteiger partial charge in [0.25, 0.3) is 0 Å². The summed E-state index contributed by atoms with van der Waals surface area (Å²) >= 11 is 0. The number of phosphoric acid groups is 2. The van der Waals surface area contributed by atoms with Crippen molar-refractivity contribution >= 4 is 39.5 Å². The second kappa shape index (κ2) is 63.1. The Balaban J connectivity index is 5.18. The zero-order valence-electron chi connectivity index (χ0n) is 58.4. The fourth-order valence-corrected chi connectivity index (χ4v) is 12.3. The predicted octanol–water partition coefficient (Wildman–Crippen LogP) is 20.4. The number of carbonyl (C=O) groups excluding carboxylic acids is 4. The molecule has 0 rings (SSSR count). The van der Waals surface area contributed by atoms with Crippen LogP contribution >= 0.6 is 15.6 Å². The molecule has 0 saturated heterocycles. The molecule has 0 radical (unpaired) electrons. The molecule has 0 aromatic carbocycles. The normalized spacial score (nSPS) is 14.1. The lowest BCUT2D eigenvalue weighted by atomic mass is 10.0. The van der Waals surface area contributed by atoms with Crippen LogP contribution in [0.25, 0.3) is 0 Å². The summed E-state index contributed by atoms with van der Waals surface area (Å²) in [6, 6.07) is 0. The summed E-state index contributed by atoms with van der Waals surface area (Å²) in [5.41, 5.74) is 0. The van der Waals surface area contributed by atoms with Crippen LogP contribution < -0.4 is 0 Å². The Hall–Kier alpha value is -1.94. The van der Waals surface area contributed by atoms with E-state index in [4.69, 9.17) is 37.0 Å². The SMILES string of the molecule is CCCCCCCCCCCCCCC(=O)O[C@H](COC(=O)CCCCCCCCC)COP(=O)(O)OC[C@H](O)COP(=O)(O)OC[C@@H](COC(=O)CCCCCCCCCCCC(C)C)OC(=O)CCCCCCCCCCCCCCCCCCC(C)C. The van der Waals surface area contributed by atoms with Crippen molar-refractivity contribution in [2.24, 2.45) is 11.8 Å². The van der Waals surface area contributed by atoms with Crippen LogP contribution in [0.1, 0.15) is 363 Å². The van der Waals surface area contributed by atoms with Crippen LogP contribution in [-0.4, -0.2) is 96.7 Å². The maximum Gasteiger partial charge on any atom is 0.472 e. The lowest BCUT2D eigenvalue weighted by molar-refractivity contribution is -0.161. The van der Waals surface area contributed by atoms with Crippen molar-refractivity contribution in [2.45, 2.75) is 381 Å². The molecular formula is C71H138O17P2. The fourth-order valence-electron chi connectivity index (χ4n) is 10.8. The summed E-state index contributed by atoms with van der Waals surface area (Å²) < 4.78 is 68.2. The molecule has 0 heterocycles. The van der Waals surface area contributed by atoms with Crippen molar-refractivity contribution in [2.75, 3.05) is 39.6 Å². The number of unbranched alkanes of at least 4 members (excludes halogenated alkanes) is 40. The third kappa shape index (κ3) is 64.8. The topological polar surface area (TPSA) is 237 Å². The summed E-state index contributed by atoms with van der Waals surface area (Å²) in [5.74, 6) is -0.574. The maximum atomic E-state index is 13.0. The molecule has 0 fully saturated rings. The highest BCUT2D eigenvalue weighted by Gasteiger charge is 2.30. The third-order valence-corrected chi connectivity index (χ3v) is 18.4. The highest BCUT2D eigenvalue weighted by atomic mass is 31.2. The predicted molar refractivity (Wildman–Crippen MR) is 363 cm³/mol. The van der Waals surface area contributed by atoms with Crippen LogP contribution in [-0.2, 0) is 65.4 Å². The number of aliphatic hydroxyl groups excluding tert-OH is 1. The molecule has 90 heavy (non-hydrogen) atoms. The van der Waals surface area contributed by atoms with E-state index in [0.29, 0.717) is 25.7 Å². The molecule has 0 amide bonds. The van der Waals surface area contributed by atoms with E-state index < -0.39 is 97.5 Å². The van der Waals surface area contributed by atoms with Crippen LogP contribution in [0.4, 0.5) is 0 Å². The Morgan fingerprint density at radius 3 is 0.756 bits per heavy atom. The number of carbonyl (C=O) groups is 4. The molecule has 3 N–H and O–H groups in total. The molecule has 0 aliphatic carbocycles. The second-order valence-corrected chi connectivity index (χ2v) is 29.5. The first-order chi connectivity index (χ1) is 43.4. The summed E-state index contributed by atoms with van der Waals surface area (Å²) in [7, 11) is -9.90. The Bertz CT molecular complexity index is 1750. The van der Waals surface area contributed by atoms with Crippen LogP contribution in [0.5, 0.6) is 0 Å². The Morgan fingerprint density at radius 1 is 0.300 bits per heavy atom. The summed E-state index contributed by atoms with van der Waals surface area (Å²) in [5, 5.41) is 10.6. The molecule has 534 valence electrons. The van der Waals surface area contributed by atoms with E-state index in [2.05, 4.69) is 41.5 Å². The second-order valence-electron chi connectivity index (χ2n) is 26.6. The number of rotatable bonds is 70. The standard InChI is InChI=1S/C71H138O17P2/c1-7-9-11-13-15-16-17-25-30-37-43-49-55-70(75)87-66(59-81-68(73)53-47-41-33-14-12-10-8-2)61-85-89(77,78)83-57-65(72)58-84-90(79,80)86-62-67(60-82-69(74)54-48-42-36-32-27-29-35-40-46-52-64(5)6)88-71(76)56-50-44-38-31-26-23-21-19-18-20-22-24-28-34-39-45-51-63(3)4/h63-67,72H,7-62H2,1-6H3,(H,77,78)(H,79,80)/t65-,66+,67+/m0/s1. The molecule has 0 aromatic rings. The molecule has 0 aliphatic rings. The maximum absolute atomic E-state index is 13.0. The van der Waals surface area contributed by atoms with Gasteiger partial charge in [-0.25, -0.2) is 9.13 Å². The van der Waals surface area contributed by atoms with Gasteiger partial charge in [-0.1, -0.05) is 311 Å². The van der Waals surface area contributed by atoms with Gasteiger partial charge in [0.1, 0.15) is 19.3 Å². The van der Waals surface area contributed by atoms with Crippen molar-refractivity contribution in [1.29, 1.82) is 0 Å². The number of esters is 4. The van der Waals surface area contributed by atoms with E-state index in [-0.39, 0.29) is 25.7 Å². The Kier molecular flexibility index (Phi) is 61.8. The molecule has 0 spiro atoms. The highest BCUT2D eigenvalue weighted by molar-refractivity contribution is 7.47. The van der Waals surface area contributed by atoms with Crippen LogP contribution in [0.15, 0.2) is 0 Å². The minimum absolute atomic E-state index is 0.107. The van der Waals surface area contributed by atoms with Crippen LogP contribution in [0.2, 0.25) is 0 Å². The molecule has 0 saturated carbocycles. The number of ether oxygens (including phenoxy) is 4. The average molecular weight is 1330 g/mol. The van der Waals surface area contributed by atoms with Gasteiger partial charge in [0.05, 0.1) is 26.4 Å². The van der Waals surface area contributed by atoms with E-state index >= 15 is 0 Å². The van der Waals surface area contributed by atoms with Gasteiger partial charge in [-0.3, -0.25) is 37.3 Å². The van der Waals surface area contributed by atoms with Gasteiger partial charge in [0.15, 0.2) is 12.2 Å². The van der Waals surface area contributed by atoms with Crippen molar-refractivity contribution in [3.63, 3.8) is 0 Å². The number of aliphatic hydroxyl groups is 1. The van der Waals surface area contributed by atoms with E-state index in [1.54, 1.807) is 0 Å². The molecule has 0 aromatic heterocycles. The number of hydrogen-bond donors (Lipinski definition) is 3. The van der Waals surface area contributed by atoms with Crippen molar-refractivity contribution in [3.8, 4) is 0 Å². The third-order valence-electron chi connectivity index (χ3n) is 16.5. The van der Waals surface area contributed by atoms with Gasteiger partial charge < -0.3 is 33.8 Å². The van der Waals surface area contributed by atoms with Gasteiger partial charge in [0.2, 0.25) is 0 Å². The van der Waals surface area contributed by atoms with Gasteiger partial charge in [-0.15, -0.1) is 0 Å². The van der Waals surface area contributed by atoms with Crippen LogP contribution in [0, 0.1) is 11.8 Å². The van der Waals surface area contributed by atoms with Crippen molar-refractivity contribution in [1.82, 2.24) is 0 Å². The van der Waals surface area contributed by atoms with E-state index in [0.717, 1.165) is 115 Å². The largest absolute Gasteiger partial charge is 0.472 e. The lowest BCUT2D eigenvalue weighted by Gasteiger charge is -2.21. The first-order valence-corrected chi connectivity index (χ1v) is 40.0. The van der Waals surface area contributed by atoms with E-state index in [1.807, 2.05) is 0 Å². The molecule has 17 nitrogen and oxygen atoms in total. The number of hydrogen-bond acceptors (Lipinski definition) is 15. The minimum Gasteiger partial charge on any atom is -0.462 e. The average Bonchev–Trinajstić information content (AvgIpc) is 3.16. The Labute approximate surface area is 549 Å². The van der Waals surface area contributed by atoms with Gasteiger partial charge in [0, 0.05) is 25.7 Å². The van der Waals surface area contributed by atoms with Crippen LogP contribution in [0.3, 0.4) is 0 Å². The highest BCUT2D eigenvalue weighted by Crippen LogP contribution is 2.45. The molecule has 0 aliphatic heterocycles. The summed E-state index contributed by atoms with van der Waals surface area (Å²) in [4.78, 5) is 72.4. The lowest BCUT2D eigenvalue weighted by Crippen LogP contribution is -2.30. The van der Waals surface area contributed by atoms with Gasteiger partial charge >= 0.3 is 39.5 Å². The van der Waals surface area contributed by atoms with Gasteiger partial charge in [-0.05, 0) is 37.5 Å².